The average molecular weight is 545 g/mol. The first-order valence-corrected chi connectivity index (χ1v) is 14.3. The first-order chi connectivity index (χ1) is 18.9. The van der Waals surface area contributed by atoms with Gasteiger partial charge in [-0.05, 0) is 56.8 Å². The van der Waals surface area contributed by atoms with E-state index < -0.39 is 0 Å². The molecule has 39 heavy (non-hydrogen) atoms. The van der Waals surface area contributed by atoms with Crippen LogP contribution in [-0.2, 0) is 19.4 Å². The lowest BCUT2D eigenvalue weighted by molar-refractivity contribution is 0.0782. The van der Waals surface area contributed by atoms with Gasteiger partial charge in [0, 0.05) is 53.8 Å². The number of benzene rings is 2. The number of nitrogens with one attached hydrogen (secondary N) is 2. The van der Waals surface area contributed by atoms with E-state index in [2.05, 4.69) is 33.7 Å². The number of carbonyl (C=O) groups excluding carboxylic acids is 2. The zero-order valence-corrected chi connectivity index (χ0v) is 23.5. The molecule has 0 aliphatic carbocycles. The molecule has 0 saturated heterocycles. The molecule has 0 saturated carbocycles. The summed E-state index contributed by atoms with van der Waals surface area (Å²) in [6.07, 6.45) is 9.04. The SMILES string of the molecule is C#CCCNCCC(Cc1ccccc1)NC(=O)c1cc2c(c(C(=O)N(C)Cc3nc(C)cs3)c1)CCCO2. The standard InChI is InChI=1S/C31H36N4O3S/c1-4-5-14-32-15-13-25(17-23-10-7-6-8-11-23)34-30(36)24-18-27(26-12-9-16-38-28(26)19-24)31(37)35(3)20-29-33-22(2)21-39-29/h1,6-8,10-11,18-19,21,25,32H,5,9,12-17,20H2,2-3H3,(H,34,36). The van der Waals surface area contributed by atoms with Crippen molar-refractivity contribution >= 4 is 23.2 Å². The molecule has 3 aromatic rings. The molecule has 4 rings (SSSR count). The molecule has 2 amide bonds. The van der Waals surface area contributed by atoms with Gasteiger partial charge in [0.15, 0.2) is 0 Å². The van der Waals surface area contributed by atoms with Crippen LogP contribution in [0.4, 0.5) is 0 Å². The highest BCUT2D eigenvalue weighted by atomic mass is 32.1. The molecule has 0 radical (unpaired) electrons. The van der Waals surface area contributed by atoms with Gasteiger partial charge in [0.2, 0.25) is 0 Å². The number of hydrogen-bond donors (Lipinski definition) is 2. The van der Waals surface area contributed by atoms with Gasteiger partial charge >= 0.3 is 0 Å². The summed E-state index contributed by atoms with van der Waals surface area (Å²) < 4.78 is 5.92. The number of nitrogens with zero attached hydrogens (tertiary/aromatic N) is 2. The summed E-state index contributed by atoms with van der Waals surface area (Å²) in [5.41, 5.74) is 3.90. The Morgan fingerprint density at radius 2 is 2.05 bits per heavy atom. The highest BCUT2D eigenvalue weighted by molar-refractivity contribution is 7.09. The monoisotopic (exact) mass is 544 g/mol. The maximum Gasteiger partial charge on any atom is 0.254 e. The Kier molecular flexibility index (Phi) is 10.1. The molecule has 2 aromatic carbocycles. The highest BCUT2D eigenvalue weighted by Gasteiger charge is 2.25. The number of aryl methyl sites for hydroxylation is 1. The Labute approximate surface area is 235 Å². The lowest BCUT2D eigenvalue weighted by Crippen LogP contribution is -2.39. The summed E-state index contributed by atoms with van der Waals surface area (Å²) in [5, 5.41) is 9.41. The van der Waals surface area contributed by atoms with E-state index in [4.69, 9.17) is 11.2 Å². The molecular formula is C31H36N4O3S. The third-order valence-electron chi connectivity index (χ3n) is 6.69. The van der Waals surface area contributed by atoms with Crippen LogP contribution in [0.25, 0.3) is 0 Å². The van der Waals surface area contributed by atoms with Crippen LogP contribution in [0.1, 0.15) is 61.8 Å². The zero-order chi connectivity index (χ0) is 27.6. The number of fused-ring (bicyclic) bond motifs is 1. The molecule has 0 spiro atoms. The molecular weight excluding hydrogens is 508 g/mol. The minimum Gasteiger partial charge on any atom is -0.493 e. The molecule has 1 aliphatic rings. The molecule has 8 heteroatoms. The summed E-state index contributed by atoms with van der Waals surface area (Å²) >= 11 is 1.54. The molecule has 204 valence electrons. The van der Waals surface area contributed by atoms with Crippen molar-refractivity contribution in [1.82, 2.24) is 20.5 Å². The smallest absolute Gasteiger partial charge is 0.254 e. The Bertz CT molecular complexity index is 1320. The van der Waals surface area contributed by atoms with E-state index in [1.807, 2.05) is 30.5 Å². The van der Waals surface area contributed by atoms with Crippen LogP contribution >= 0.6 is 11.3 Å². The number of amides is 2. The van der Waals surface area contributed by atoms with Crippen LogP contribution in [0.2, 0.25) is 0 Å². The van der Waals surface area contributed by atoms with Crippen LogP contribution in [-0.4, -0.2) is 54.5 Å². The second-order valence-electron chi connectivity index (χ2n) is 9.85. The fourth-order valence-electron chi connectivity index (χ4n) is 4.70. The van der Waals surface area contributed by atoms with Gasteiger partial charge < -0.3 is 20.3 Å². The largest absolute Gasteiger partial charge is 0.493 e. The lowest BCUT2D eigenvalue weighted by Gasteiger charge is -2.24. The third kappa shape index (κ3) is 7.92. The molecule has 2 N–H and O–H groups in total. The number of ether oxygens (including phenoxy) is 1. The predicted octanol–water partition coefficient (Wildman–Crippen LogP) is 4.39. The fraction of sp³-hybridized carbons (Fsp3) is 0.387. The lowest BCUT2D eigenvalue weighted by atomic mass is 9.95. The van der Waals surface area contributed by atoms with Crippen molar-refractivity contribution in [3.05, 3.63) is 80.8 Å². The number of terminal acetylenes is 1. The van der Waals surface area contributed by atoms with Crippen LogP contribution in [0, 0.1) is 19.3 Å². The van der Waals surface area contributed by atoms with E-state index in [0.29, 0.717) is 42.9 Å². The van der Waals surface area contributed by atoms with Gasteiger partial charge in [-0.2, -0.15) is 0 Å². The molecule has 1 aromatic heterocycles. The van der Waals surface area contributed by atoms with Crippen molar-refractivity contribution in [3.8, 4) is 18.1 Å². The van der Waals surface area contributed by atoms with Crippen LogP contribution < -0.4 is 15.4 Å². The van der Waals surface area contributed by atoms with Gasteiger partial charge in [0.25, 0.3) is 11.8 Å². The maximum absolute atomic E-state index is 13.6. The van der Waals surface area contributed by atoms with Gasteiger partial charge in [0.1, 0.15) is 10.8 Å². The van der Waals surface area contributed by atoms with Gasteiger partial charge in [-0.1, -0.05) is 30.3 Å². The number of carbonyl (C=O) groups is 2. The normalized spacial score (nSPS) is 13.1. The summed E-state index contributed by atoms with van der Waals surface area (Å²) in [6.45, 7) is 4.40. The van der Waals surface area contributed by atoms with E-state index in [9.17, 15) is 9.59 Å². The van der Waals surface area contributed by atoms with E-state index in [1.165, 1.54) is 11.3 Å². The first-order valence-electron chi connectivity index (χ1n) is 13.4. The molecule has 1 aliphatic heterocycles. The molecule has 0 fully saturated rings. The Balaban J connectivity index is 1.53. The quantitative estimate of drug-likeness (QED) is 0.261. The molecule has 1 unspecified atom stereocenters. The number of thiazole rings is 1. The van der Waals surface area contributed by atoms with E-state index in [0.717, 1.165) is 54.2 Å². The second-order valence-corrected chi connectivity index (χ2v) is 10.8. The van der Waals surface area contributed by atoms with Crippen LogP contribution in [0.3, 0.4) is 0 Å². The Morgan fingerprint density at radius 3 is 2.79 bits per heavy atom. The molecule has 0 bridgehead atoms. The number of rotatable bonds is 12. The van der Waals surface area contributed by atoms with E-state index in [1.54, 1.807) is 24.1 Å². The summed E-state index contributed by atoms with van der Waals surface area (Å²) in [4.78, 5) is 33.3. The van der Waals surface area contributed by atoms with Crippen LogP contribution in [0.5, 0.6) is 5.75 Å². The van der Waals surface area contributed by atoms with Crippen molar-refractivity contribution in [2.24, 2.45) is 0 Å². The number of hydrogen-bond acceptors (Lipinski definition) is 6. The summed E-state index contributed by atoms with van der Waals surface area (Å²) in [5.74, 6) is 2.89. The van der Waals surface area contributed by atoms with Crippen LogP contribution in [0.15, 0.2) is 47.8 Å². The van der Waals surface area contributed by atoms with Crippen molar-refractivity contribution < 1.29 is 14.3 Å². The Hall–Kier alpha value is -3.67. The van der Waals surface area contributed by atoms with Gasteiger partial charge in [0.05, 0.1) is 13.2 Å². The van der Waals surface area contributed by atoms with Crippen molar-refractivity contribution in [1.29, 1.82) is 0 Å². The second kappa shape index (κ2) is 13.9. The Morgan fingerprint density at radius 1 is 1.23 bits per heavy atom. The topological polar surface area (TPSA) is 83.6 Å². The van der Waals surface area contributed by atoms with Crippen molar-refractivity contribution in [3.63, 3.8) is 0 Å². The minimum absolute atomic E-state index is 0.0924. The maximum atomic E-state index is 13.6. The average Bonchev–Trinajstić information content (AvgIpc) is 3.36. The third-order valence-corrected chi connectivity index (χ3v) is 7.64. The summed E-state index contributed by atoms with van der Waals surface area (Å²) in [6, 6.07) is 13.5. The summed E-state index contributed by atoms with van der Waals surface area (Å²) in [7, 11) is 1.77. The zero-order valence-electron chi connectivity index (χ0n) is 22.7. The predicted molar refractivity (Wildman–Crippen MR) is 155 cm³/mol. The van der Waals surface area contributed by atoms with Gasteiger partial charge in [-0.15, -0.1) is 23.7 Å². The van der Waals surface area contributed by atoms with E-state index in [-0.39, 0.29) is 17.9 Å². The van der Waals surface area contributed by atoms with Gasteiger partial charge in [-0.3, -0.25) is 9.59 Å². The molecule has 1 atom stereocenters. The van der Waals surface area contributed by atoms with E-state index >= 15 is 0 Å². The van der Waals surface area contributed by atoms with Crippen molar-refractivity contribution in [2.75, 3.05) is 26.7 Å². The van der Waals surface area contributed by atoms with Crippen molar-refractivity contribution in [2.45, 2.75) is 51.6 Å². The first kappa shape index (κ1) is 28.3. The highest BCUT2D eigenvalue weighted by Crippen LogP contribution is 2.31. The van der Waals surface area contributed by atoms with Gasteiger partial charge in [-0.25, -0.2) is 4.98 Å². The molecule has 2 heterocycles. The number of aromatic nitrogens is 1. The fourth-order valence-corrected chi connectivity index (χ4v) is 5.52. The minimum atomic E-state index is -0.219. The molecule has 7 nitrogen and oxygen atoms in total.